The molecule has 2 aromatic heterocycles. The molecule has 3 rings (SSSR count). The maximum absolute atomic E-state index is 12.5. The molecule has 0 bridgehead atoms. The highest BCUT2D eigenvalue weighted by molar-refractivity contribution is 5.98. The minimum Gasteiger partial charge on any atom is -0.396 e. The van der Waals surface area contributed by atoms with Crippen LogP contribution in [-0.4, -0.2) is 33.7 Å². The number of benzene rings is 1. The first kappa shape index (κ1) is 16.2. The second kappa shape index (κ2) is 7.27. The molecular formula is C19H21N3O2. The number of amides is 1. The van der Waals surface area contributed by atoms with Gasteiger partial charge in [-0.1, -0.05) is 24.3 Å². The van der Waals surface area contributed by atoms with Crippen LogP contribution in [0.2, 0.25) is 0 Å². The Balaban J connectivity index is 1.66. The number of carbonyl (C=O) groups is 1. The van der Waals surface area contributed by atoms with Gasteiger partial charge in [-0.3, -0.25) is 9.78 Å². The second-order valence-corrected chi connectivity index (χ2v) is 5.93. The summed E-state index contributed by atoms with van der Waals surface area (Å²) in [6, 6.07) is 15.5. The molecule has 24 heavy (non-hydrogen) atoms. The van der Waals surface area contributed by atoms with Crippen molar-refractivity contribution < 1.29 is 9.90 Å². The Hall–Kier alpha value is -2.66. The molecule has 0 saturated carbocycles. The lowest BCUT2D eigenvalue weighted by atomic mass is 10.0. The maximum atomic E-state index is 12.5. The van der Waals surface area contributed by atoms with Crippen LogP contribution >= 0.6 is 0 Å². The third-order valence-electron chi connectivity index (χ3n) is 4.22. The zero-order chi connectivity index (χ0) is 16.9. The summed E-state index contributed by atoms with van der Waals surface area (Å²) in [6.07, 6.45) is 2.37. The van der Waals surface area contributed by atoms with E-state index >= 15 is 0 Å². The number of fused-ring (bicyclic) bond motifs is 1. The first-order chi connectivity index (χ1) is 11.7. The van der Waals surface area contributed by atoms with Crippen molar-refractivity contribution in [3.05, 3.63) is 66.1 Å². The van der Waals surface area contributed by atoms with Crippen LogP contribution in [-0.2, 0) is 13.5 Å². The van der Waals surface area contributed by atoms with Crippen LogP contribution in [0.25, 0.3) is 10.9 Å². The standard InChI is InChI=1S/C19H21N3O2/c1-22-17-8-3-2-6-15(17)11-18(22)19(24)21-12-14(13-23)10-16-7-4-5-9-20-16/h2-9,11,14,23H,10,12-13H2,1H3,(H,21,24). The van der Waals surface area contributed by atoms with Gasteiger partial charge in [0.1, 0.15) is 5.69 Å². The molecule has 0 aliphatic rings. The summed E-state index contributed by atoms with van der Waals surface area (Å²) in [5, 5.41) is 13.5. The molecular weight excluding hydrogens is 302 g/mol. The molecule has 1 atom stereocenters. The number of para-hydroxylation sites is 1. The van der Waals surface area contributed by atoms with E-state index in [-0.39, 0.29) is 18.4 Å². The van der Waals surface area contributed by atoms with Crippen molar-refractivity contribution in [2.75, 3.05) is 13.2 Å². The van der Waals surface area contributed by atoms with E-state index in [1.807, 2.05) is 60.1 Å². The number of hydrogen-bond acceptors (Lipinski definition) is 3. The fourth-order valence-corrected chi connectivity index (χ4v) is 2.85. The zero-order valence-corrected chi connectivity index (χ0v) is 13.6. The van der Waals surface area contributed by atoms with Crippen molar-refractivity contribution in [3.8, 4) is 0 Å². The normalized spacial score (nSPS) is 12.2. The van der Waals surface area contributed by atoms with Gasteiger partial charge in [0.2, 0.25) is 0 Å². The Morgan fingerprint density at radius 2 is 2.04 bits per heavy atom. The monoisotopic (exact) mass is 323 g/mol. The summed E-state index contributed by atoms with van der Waals surface area (Å²) in [6.45, 7) is 0.416. The Bertz CT molecular complexity index is 827. The van der Waals surface area contributed by atoms with Gasteiger partial charge in [-0.15, -0.1) is 0 Å². The number of nitrogens with zero attached hydrogens (tertiary/aromatic N) is 2. The van der Waals surface area contributed by atoms with Crippen molar-refractivity contribution in [1.82, 2.24) is 14.9 Å². The summed E-state index contributed by atoms with van der Waals surface area (Å²) in [5.74, 6) is -0.188. The Kier molecular flexibility index (Phi) is 4.91. The van der Waals surface area contributed by atoms with Gasteiger partial charge in [-0.25, -0.2) is 0 Å². The topological polar surface area (TPSA) is 67.2 Å². The maximum Gasteiger partial charge on any atom is 0.267 e. The molecule has 2 heterocycles. The van der Waals surface area contributed by atoms with Crippen LogP contribution in [0.15, 0.2) is 54.7 Å². The number of rotatable bonds is 6. The van der Waals surface area contributed by atoms with Gasteiger partial charge in [0.15, 0.2) is 0 Å². The molecule has 1 amide bonds. The predicted octanol–water partition coefficient (Wildman–Crippen LogP) is 2.15. The number of aryl methyl sites for hydroxylation is 1. The van der Waals surface area contributed by atoms with E-state index in [1.165, 1.54) is 0 Å². The highest BCUT2D eigenvalue weighted by Gasteiger charge is 2.15. The van der Waals surface area contributed by atoms with E-state index < -0.39 is 0 Å². The van der Waals surface area contributed by atoms with E-state index in [9.17, 15) is 9.90 Å². The van der Waals surface area contributed by atoms with E-state index in [1.54, 1.807) is 6.20 Å². The van der Waals surface area contributed by atoms with Gasteiger partial charge >= 0.3 is 0 Å². The predicted molar refractivity (Wildman–Crippen MR) is 93.8 cm³/mol. The molecule has 5 nitrogen and oxygen atoms in total. The summed E-state index contributed by atoms with van der Waals surface area (Å²) >= 11 is 0. The Labute approximate surface area is 141 Å². The minimum atomic E-state index is -0.131. The van der Waals surface area contributed by atoms with E-state index in [0.29, 0.717) is 18.7 Å². The first-order valence-corrected chi connectivity index (χ1v) is 8.02. The number of aliphatic hydroxyl groups excluding tert-OH is 1. The molecule has 0 aliphatic heterocycles. The van der Waals surface area contributed by atoms with Gasteiger partial charge in [-0.2, -0.15) is 0 Å². The van der Waals surface area contributed by atoms with E-state index in [0.717, 1.165) is 16.6 Å². The molecule has 124 valence electrons. The summed E-state index contributed by atoms with van der Waals surface area (Å²) < 4.78 is 1.89. The van der Waals surface area contributed by atoms with Crippen molar-refractivity contribution >= 4 is 16.8 Å². The molecule has 0 fully saturated rings. The fourth-order valence-electron chi connectivity index (χ4n) is 2.85. The highest BCUT2D eigenvalue weighted by Crippen LogP contribution is 2.18. The molecule has 2 N–H and O–H groups in total. The largest absolute Gasteiger partial charge is 0.396 e. The molecule has 0 saturated heterocycles. The fraction of sp³-hybridized carbons (Fsp3) is 0.263. The molecule has 1 aromatic carbocycles. The van der Waals surface area contributed by atoms with Gasteiger partial charge < -0.3 is 15.0 Å². The smallest absolute Gasteiger partial charge is 0.267 e. The third-order valence-corrected chi connectivity index (χ3v) is 4.22. The van der Waals surface area contributed by atoms with E-state index in [2.05, 4.69) is 10.3 Å². The van der Waals surface area contributed by atoms with Crippen LogP contribution in [0, 0.1) is 5.92 Å². The van der Waals surface area contributed by atoms with Crippen molar-refractivity contribution in [2.45, 2.75) is 6.42 Å². The molecule has 1 unspecified atom stereocenters. The number of aliphatic hydroxyl groups is 1. The number of aromatic nitrogens is 2. The SMILES string of the molecule is Cn1c(C(=O)NCC(CO)Cc2ccccn2)cc2ccccc21. The number of pyridine rings is 1. The third kappa shape index (κ3) is 3.46. The summed E-state index contributed by atoms with van der Waals surface area (Å²) in [4.78, 5) is 16.7. The van der Waals surface area contributed by atoms with Crippen molar-refractivity contribution in [2.24, 2.45) is 13.0 Å². The number of nitrogens with one attached hydrogen (secondary N) is 1. The first-order valence-electron chi connectivity index (χ1n) is 8.02. The lowest BCUT2D eigenvalue weighted by Gasteiger charge is -2.15. The van der Waals surface area contributed by atoms with Crippen molar-refractivity contribution in [1.29, 1.82) is 0 Å². The zero-order valence-electron chi connectivity index (χ0n) is 13.6. The molecule has 0 aliphatic carbocycles. The Morgan fingerprint density at radius 3 is 2.75 bits per heavy atom. The van der Waals surface area contributed by atoms with Crippen LogP contribution in [0.1, 0.15) is 16.2 Å². The highest BCUT2D eigenvalue weighted by atomic mass is 16.3. The van der Waals surface area contributed by atoms with Crippen LogP contribution < -0.4 is 5.32 Å². The molecule has 3 aromatic rings. The minimum absolute atomic E-state index is 0.00592. The van der Waals surface area contributed by atoms with Gasteiger partial charge in [0, 0.05) is 48.9 Å². The van der Waals surface area contributed by atoms with Gasteiger partial charge in [-0.05, 0) is 30.7 Å². The average molecular weight is 323 g/mol. The molecule has 5 heteroatoms. The summed E-state index contributed by atoms with van der Waals surface area (Å²) in [5.41, 5.74) is 2.55. The molecule has 0 spiro atoms. The van der Waals surface area contributed by atoms with Crippen LogP contribution in [0.3, 0.4) is 0 Å². The second-order valence-electron chi connectivity index (χ2n) is 5.93. The van der Waals surface area contributed by atoms with Gasteiger partial charge in [0.05, 0.1) is 0 Å². The van der Waals surface area contributed by atoms with Crippen LogP contribution in [0.5, 0.6) is 0 Å². The van der Waals surface area contributed by atoms with Crippen LogP contribution in [0.4, 0.5) is 0 Å². The number of carbonyl (C=O) groups excluding carboxylic acids is 1. The van der Waals surface area contributed by atoms with Crippen molar-refractivity contribution in [3.63, 3.8) is 0 Å². The quantitative estimate of drug-likeness (QED) is 0.730. The lowest BCUT2D eigenvalue weighted by Crippen LogP contribution is -2.32. The average Bonchev–Trinajstić information content (AvgIpc) is 2.96. The lowest BCUT2D eigenvalue weighted by molar-refractivity contribution is 0.0932. The van der Waals surface area contributed by atoms with E-state index in [4.69, 9.17) is 0 Å². The number of hydrogen-bond donors (Lipinski definition) is 2. The Morgan fingerprint density at radius 1 is 1.25 bits per heavy atom. The van der Waals surface area contributed by atoms with Gasteiger partial charge in [0.25, 0.3) is 5.91 Å². The molecule has 0 radical (unpaired) electrons. The summed E-state index contributed by atoms with van der Waals surface area (Å²) in [7, 11) is 1.88.